The van der Waals surface area contributed by atoms with Gasteiger partial charge in [0.05, 0.1) is 5.92 Å². The van der Waals surface area contributed by atoms with E-state index in [1.54, 1.807) is 0 Å². The van der Waals surface area contributed by atoms with E-state index in [2.05, 4.69) is 53.8 Å². The Labute approximate surface area is 144 Å². The summed E-state index contributed by atoms with van der Waals surface area (Å²) in [5.74, 6) is 0.304. The summed E-state index contributed by atoms with van der Waals surface area (Å²) in [6.45, 7) is 0. The molecule has 124 valence electrons. The molecule has 2 aromatic rings. The van der Waals surface area contributed by atoms with Gasteiger partial charge >= 0.3 is 0 Å². The van der Waals surface area contributed by atoms with E-state index in [9.17, 15) is 4.79 Å². The second-order valence-corrected chi connectivity index (χ2v) is 7.30. The van der Waals surface area contributed by atoms with Crippen LogP contribution >= 0.6 is 0 Å². The Morgan fingerprint density at radius 2 is 1.38 bits per heavy atom. The average molecular weight is 319 g/mol. The van der Waals surface area contributed by atoms with Crippen LogP contribution in [0.1, 0.15) is 49.7 Å². The number of amides is 1. The van der Waals surface area contributed by atoms with E-state index >= 15 is 0 Å². The number of nitrogens with one attached hydrogen (secondary N) is 1. The maximum atomic E-state index is 12.9. The molecule has 2 heteroatoms. The van der Waals surface area contributed by atoms with Crippen molar-refractivity contribution in [3.63, 3.8) is 0 Å². The predicted molar refractivity (Wildman–Crippen MR) is 96.8 cm³/mol. The summed E-state index contributed by atoms with van der Waals surface area (Å²) >= 11 is 0. The van der Waals surface area contributed by atoms with Crippen molar-refractivity contribution in [1.82, 2.24) is 5.32 Å². The molecule has 24 heavy (non-hydrogen) atoms. The molecular weight excluding hydrogens is 294 g/mol. The fourth-order valence-electron chi connectivity index (χ4n) is 4.40. The maximum absolute atomic E-state index is 12.9. The fraction of sp³-hybridized carbons (Fsp3) is 0.409. The van der Waals surface area contributed by atoms with Crippen LogP contribution in [-0.2, 0) is 10.2 Å². The first kappa shape index (κ1) is 15.4. The zero-order valence-corrected chi connectivity index (χ0v) is 14.1. The molecule has 1 atom stereocenters. The Morgan fingerprint density at radius 3 is 1.92 bits per heavy atom. The molecule has 0 saturated heterocycles. The van der Waals surface area contributed by atoms with Crippen LogP contribution in [0.4, 0.5) is 0 Å². The molecule has 2 aliphatic rings. The van der Waals surface area contributed by atoms with Gasteiger partial charge in [-0.3, -0.25) is 4.79 Å². The van der Waals surface area contributed by atoms with Crippen LogP contribution in [-0.4, -0.2) is 11.9 Å². The molecule has 0 bridgehead atoms. The Morgan fingerprint density at radius 1 is 0.833 bits per heavy atom. The van der Waals surface area contributed by atoms with Gasteiger partial charge in [-0.25, -0.2) is 0 Å². The van der Waals surface area contributed by atoms with Crippen molar-refractivity contribution in [3.8, 4) is 0 Å². The van der Waals surface area contributed by atoms with Gasteiger partial charge in [0.15, 0.2) is 0 Å². The Kier molecular flexibility index (Phi) is 4.13. The molecule has 1 amide bonds. The van der Waals surface area contributed by atoms with E-state index in [0.717, 1.165) is 19.3 Å². The van der Waals surface area contributed by atoms with E-state index in [1.807, 2.05) is 12.1 Å². The normalized spacial score (nSPS) is 22.8. The third kappa shape index (κ3) is 2.75. The lowest BCUT2D eigenvalue weighted by atomic mass is 9.85. The lowest BCUT2D eigenvalue weighted by molar-refractivity contribution is -0.123. The highest BCUT2D eigenvalue weighted by Gasteiger charge is 2.60. The molecule has 0 radical (unpaired) electrons. The summed E-state index contributed by atoms with van der Waals surface area (Å²) < 4.78 is 0. The number of hydrogen-bond donors (Lipinski definition) is 1. The molecular formula is C22H25NO. The Hall–Kier alpha value is -2.09. The molecule has 1 N–H and O–H groups in total. The molecule has 0 aliphatic heterocycles. The first-order valence-corrected chi connectivity index (χ1v) is 9.22. The molecule has 4 rings (SSSR count). The van der Waals surface area contributed by atoms with Gasteiger partial charge in [-0.2, -0.15) is 0 Å². The first-order chi connectivity index (χ1) is 11.8. The van der Waals surface area contributed by atoms with Gasteiger partial charge in [-0.05, 0) is 30.4 Å². The molecule has 1 unspecified atom stereocenters. The van der Waals surface area contributed by atoms with Crippen molar-refractivity contribution < 1.29 is 4.79 Å². The summed E-state index contributed by atoms with van der Waals surface area (Å²) in [7, 11) is 0. The zero-order valence-electron chi connectivity index (χ0n) is 14.1. The van der Waals surface area contributed by atoms with E-state index in [1.165, 1.54) is 30.4 Å². The van der Waals surface area contributed by atoms with Crippen molar-refractivity contribution in [2.45, 2.75) is 50.0 Å². The molecule has 0 aromatic heterocycles. The highest BCUT2D eigenvalue weighted by atomic mass is 16.2. The van der Waals surface area contributed by atoms with Gasteiger partial charge in [0.2, 0.25) is 5.91 Å². The van der Waals surface area contributed by atoms with Crippen LogP contribution in [0.25, 0.3) is 0 Å². The third-order valence-electron chi connectivity index (χ3n) is 5.81. The summed E-state index contributed by atoms with van der Waals surface area (Å²) in [5.41, 5.74) is 2.39. The summed E-state index contributed by atoms with van der Waals surface area (Å²) in [4.78, 5) is 12.9. The fourth-order valence-corrected chi connectivity index (χ4v) is 4.40. The van der Waals surface area contributed by atoms with Crippen LogP contribution in [0.5, 0.6) is 0 Å². The predicted octanol–water partition coefficient (Wildman–Crippen LogP) is 4.44. The zero-order chi connectivity index (χ0) is 16.4. The van der Waals surface area contributed by atoms with E-state index < -0.39 is 0 Å². The van der Waals surface area contributed by atoms with Crippen molar-refractivity contribution in [1.29, 1.82) is 0 Å². The second-order valence-electron chi connectivity index (χ2n) is 7.30. The van der Waals surface area contributed by atoms with Crippen molar-refractivity contribution >= 4 is 5.91 Å². The van der Waals surface area contributed by atoms with E-state index in [-0.39, 0.29) is 17.2 Å². The van der Waals surface area contributed by atoms with Gasteiger partial charge in [0.1, 0.15) is 0 Å². The van der Waals surface area contributed by atoms with Crippen molar-refractivity contribution in [2.75, 3.05) is 0 Å². The van der Waals surface area contributed by atoms with Gasteiger partial charge in [0, 0.05) is 11.5 Å². The average Bonchev–Trinajstić information content (AvgIpc) is 3.41. The van der Waals surface area contributed by atoms with Crippen LogP contribution in [0.15, 0.2) is 60.7 Å². The minimum absolute atomic E-state index is 0.0595. The summed E-state index contributed by atoms with van der Waals surface area (Å²) in [5, 5.41) is 3.34. The highest BCUT2D eigenvalue weighted by molar-refractivity contribution is 5.86. The minimum atomic E-state index is -0.138. The number of rotatable bonds is 4. The lowest BCUT2D eigenvalue weighted by Crippen LogP contribution is -2.38. The molecule has 2 aromatic carbocycles. The molecule has 0 heterocycles. The minimum Gasteiger partial charge on any atom is -0.353 e. The molecule has 0 spiro atoms. The summed E-state index contributed by atoms with van der Waals surface area (Å²) in [6, 6.07) is 21.5. The van der Waals surface area contributed by atoms with E-state index in [4.69, 9.17) is 0 Å². The number of carbonyl (C=O) groups is 1. The van der Waals surface area contributed by atoms with Crippen LogP contribution in [0, 0.1) is 5.92 Å². The molecule has 2 saturated carbocycles. The summed E-state index contributed by atoms with van der Waals surface area (Å²) in [6.07, 6.45) is 7.01. The van der Waals surface area contributed by atoms with Crippen LogP contribution in [0.2, 0.25) is 0 Å². The topological polar surface area (TPSA) is 29.1 Å². The molecule has 2 nitrogen and oxygen atoms in total. The monoisotopic (exact) mass is 319 g/mol. The second kappa shape index (κ2) is 6.43. The Balaban J connectivity index is 1.59. The molecule has 2 fully saturated rings. The smallest absolute Gasteiger partial charge is 0.224 e. The highest BCUT2D eigenvalue weighted by Crippen LogP contribution is 2.58. The van der Waals surface area contributed by atoms with Crippen LogP contribution < -0.4 is 5.32 Å². The van der Waals surface area contributed by atoms with Gasteiger partial charge in [-0.1, -0.05) is 79.9 Å². The van der Waals surface area contributed by atoms with Crippen molar-refractivity contribution in [2.24, 2.45) is 5.92 Å². The number of carbonyl (C=O) groups excluding carboxylic acids is 1. The largest absolute Gasteiger partial charge is 0.353 e. The Bertz CT molecular complexity index is 649. The van der Waals surface area contributed by atoms with Crippen LogP contribution in [0.3, 0.4) is 0 Å². The van der Waals surface area contributed by atoms with Gasteiger partial charge in [-0.15, -0.1) is 0 Å². The SMILES string of the molecule is O=C(NC1CCCCC1)C1CC1(c1ccccc1)c1ccccc1. The third-order valence-corrected chi connectivity index (χ3v) is 5.81. The maximum Gasteiger partial charge on any atom is 0.224 e. The van der Waals surface area contributed by atoms with Gasteiger partial charge < -0.3 is 5.32 Å². The van der Waals surface area contributed by atoms with Gasteiger partial charge in [0.25, 0.3) is 0 Å². The van der Waals surface area contributed by atoms with Crippen molar-refractivity contribution in [3.05, 3.63) is 71.8 Å². The van der Waals surface area contributed by atoms with E-state index in [0.29, 0.717) is 6.04 Å². The quantitative estimate of drug-likeness (QED) is 0.887. The molecule has 2 aliphatic carbocycles. The lowest BCUT2D eigenvalue weighted by Gasteiger charge is -2.24. The number of benzene rings is 2. The number of hydrogen-bond acceptors (Lipinski definition) is 1. The standard InChI is InChI=1S/C22H25NO/c24-21(23-19-14-8-3-9-15-19)20-16-22(20,17-10-4-1-5-11-17)18-12-6-2-7-13-18/h1-2,4-7,10-13,19-20H,3,8-9,14-16H2,(H,23,24). The first-order valence-electron chi connectivity index (χ1n) is 9.22.